The Labute approximate surface area is 265 Å². The number of esters is 1. The van der Waals surface area contributed by atoms with Gasteiger partial charge in [-0.3, -0.25) is 19.2 Å². The average molecular weight is 615 g/mol. The third kappa shape index (κ3) is 4.23. The molecule has 1 amide bonds. The fourth-order valence-corrected chi connectivity index (χ4v) is 7.32. The lowest BCUT2D eigenvalue weighted by molar-refractivity contribution is -0.131. The molecule has 0 aliphatic carbocycles. The third-order valence-corrected chi connectivity index (χ3v) is 9.17. The predicted octanol–water partition coefficient (Wildman–Crippen LogP) is 5.49. The second-order valence-electron chi connectivity index (χ2n) is 11.5. The Morgan fingerprint density at radius 2 is 1.54 bits per heavy atom. The number of nitrogens with one attached hydrogen (secondary N) is 1. The van der Waals surface area contributed by atoms with Crippen molar-refractivity contribution in [3.63, 3.8) is 0 Å². The summed E-state index contributed by atoms with van der Waals surface area (Å²) in [6.45, 7) is 1.30. The molecule has 1 fully saturated rings. The van der Waals surface area contributed by atoms with Crippen LogP contribution in [0.3, 0.4) is 0 Å². The number of anilines is 2. The Bertz CT molecular complexity index is 1950. The van der Waals surface area contributed by atoms with Gasteiger partial charge in [-0.15, -0.1) is 0 Å². The molecular formula is C37H30N2O7. The number of ketones is 2. The zero-order valence-electron chi connectivity index (χ0n) is 25.4. The SMILES string of the molecule is COc1ccc(OC)c(C(=O)[C@H]2[C@H](C(=O)c3ccc(OC(C)=O)cc3)N3c4ccccc4C=C[C@@H]3[C@@]23C(=O)Nc2ccccc23)c1. The minimum absolute atomic E-state index is 0.198. The first-order valence-corrected chi connectivity index (χ1v) is 14.8. The van der Waals surface area contributed by atoms with Gasteiger partial charge in [0.2, 0.25) is 5.91 Å². The number of hydrogen-bond acceptors (Lipinski definition) is 8. The lowest BCUT2D eigenvalue weighted by Gasteiger charge is -2.37. The highest BCUT2D eigenvalue weighted by molar-refractivity contribution is 6.19. The zero-order chi connectivity index (χ0) is 32.2. The van der Waals surface area contributed by atoms with Crippen molar-refractivity contribution in [2.24, 2.45) is 5.92 Å². The molecule has 3 aliphatic heterocycles. The van der Waals surface area contributed by atoms with Crippen molar-refractivity contribution in [2.45, 2.75) is 24.4 Å². The first-order chi connectivity index (χ1) is 22.3. The van der Waals surface area contributed by atoms with Gasteiger partial charge in [0.15, 0.2) is 11.6 Å². The second kappa shape index (κ2) is 11.0. The normalized spacial score (nSPS) is 22.0. The van der Waals surface area contributed by atoms with Gasteiger partial charge < -0.3 is 24.4 Å². The molecule has 9 heteroatoms. The molecule has 0 saturated carbocycles. The number of benzene rings is 4. The molecule has 1 spiro atoms. The van der Waals surface area contributed by atoms with Crippen LogP contribution >= 0.6 is 0 Å². The average Bonchev–Trinajstić information content (AvgIpc) is 3.56. The maximum Gasteiger partial charge on any atom is 0.308 e. The number of para-hydroxylation sites is 2. The fourth-order valence-electron chi connectivity index (χ4n) is 7.32. The summed E-state index contributed by atoms with van der Waals surface area (Å²) in [6, 6.07) is 24.3. The number of carbonyl (C=O) groups excluding carboxylic acids is 4. The maximum absolute atomic E-state index is 15.2. The fraction of sp³-hybridized carbons (Fsp3) is 0.189. The van der Waals surface area contributed by atoms with Crippen molar-refractivity contribution < 1.29 is 33.4 Å². The lowest BCUT2D eigenvalue weighted by atomic mass is 9.64. The number of methoxy groups -OCH3 is 2. The summed E-state index contributed by atoms with van der Waals surface area (Å²) in [5.41, 5.74) is 1.83. The molecule has 9 nitrogen and oxygen atoms in total. The number of amides is 1. The van der Waals surface area contributed by atoms with E-state index in [-0.39, 0.29) is 23.0 Å². The molecule has 0 unspecified atom stereocenters. The second-order valence-corrected chi connectivity index (χ2v) is 11.5. The molecule has 4 atom stereocenters. The quantitative estimate of drug-likeness (QED) is 0.165. The molecule has 46 heavy (non-hydrogen) atoms. The monoisotopic (exact) mass is 614 g/mol. The standard InChI is InChI=1S/C37H30N2O7/c1-21(40)46-24-15-12-23(13-16-24)34(41)33-32(35(42)26-20-25(44-2)17-18-30(26)45-3)37(27-9-5-6-10-28(27)38-36(37)43)31-19-14-22-8-4-7-11-29(22)39(31)33/h4-20,31-33H,1-3H3,(H,38,43)/t31-,32-,33-,37-/m1/s1. The molecular weight excluding hydrogens is 584 g/mol. The number of rotatable bonds is 7. The van der Waals surface area contributed by atoms with Gasteiger partial charge in [0.05, 0.1) is 31.7 Å². The number of nitrogens with zero attached hydrogens (tertiary/aromatic N) is 1. The highest BCUT2D eigenvalue weighted by Gasteiger charge is 2.70. The van der Waals surface area contributed by atoms with Crippen LogP contribution in [-0.2, 0) is 15.0 Å². The van der Waals surface area contributed by atoms with E-state index in [4.69, 9.17) is 14.2 Å². The van der Waals surface area contributed by atoms with E-state index in [1.54, 1.807) is 42.5 Å². The molecule has 230 valence electrons. The summed E-state index contributed by atoms with van der Waals surface area (Å²) in [5.74, 6) is -1.83. The molecule has 4 aromatic carbocycles. The van der Waals surface area contributed by atoms with Crippen LogP contribution in [0.1, 0.15) is 38.8 Å². The van der Waals surface area contributed by atoms with E-state index in [1.165, 1.54) is 21.1 Å². The van der Waals surface area contributed by atoms with Gasteiger partial charge in [-0.2, -0.15) is 0 Å². The molecule has 0 radical (unpaired) electrons. The summed E-state index contributed by atoms with van der Waals surface area (Å²) in [6.07, 6.45) is 3.87. The van der Waals surface area contributed by atoms with Crippen molar-refractivity contribution in [1.29, 1.82) is 0 Å². The Kier molecular flexibility index (Phi) is 6.96. The summed E-state index contributed by atoms with van der Waals surface area (Å²) in [5, 5.41) is 3.03. The number of Topliss-reactive ketones (excluding diaryl/α,β-unsaturated/α-hetero) is 2. The van der Waals surface area contributed by atoms with E-state index >= 15 is 4.79 Å². The number of fused-ring (bicyclic) bond motifs is 6. The van der Waals surface area contributed by atoms with E-state index < -0.39 is 35.2 Å². The summed E-state index contributed by atoms with van der Waals surface area (Å²) in [4.78, 5) is 58.2. The van der Waals surface area contributed by atoms with Crippen molar-refractivity contribution >= 4 is 40.9 Å². The first-order valence-electron chi connectivity index (χ1n) is 14.8. The van der Waals surface area contributed by atoms with Crippen molar-refractivity contribution in [3.8, 4) is 17.2 Å². The number of ether oxygens (including phenoxy) is 3. The molecule has 1 saturated heterocycles. The Morgan fingerprint density at radius 3 is 2.28 bits per heavy atom. The van der Waals surface area contributed by atoms with Crippen LogP contribution in [0, 0.1) is 5.92 Å². The van der Waals surface area contributed by atoms with Crippen molar-refractivity contribution in [1.82, 2.24) is 0 Å². The van der Waals surface area contributed by atoms with Gasteiger partial charge in [-0.1, -0.05) is 48.6 Å². The third-order valence-electron chi connectivity index (χ3n) is 9.17. The molecule has 3 aliphatic rings. The maximum atomic E-state index is 15.2. The van der Waals surface area contributed by atoms with E-state index in [9.17, 15) is 14.4 Å². The first kappa shape index (κ1) is 29.0. The zero-order valence-corrected chi connectivity index (χ0v) is 25.4. The smallest absolute Gasteiger partial charge is 0.308 e. The van der Waals surface area contributed by atoms with Gasteiger partial charge in [-0.25, -0.2) is 0 Å². The van der Waals surface area contributed by atoms with E-state index in [1.807, 2.05) is 65.6 Å². The van der Waals surface area contributed by atoms with Crippen molar-refractivity contribution in [3.05, 3.63) is 119 Å². The highest BCUT2D eigenvalue weighted by Crippen LogP contribution is 2.58. The summed E-state index contributed by atoms with van der Waals surface area (Å²) in [7, 11) is 2.97. The van der Waals surface area contributed by atoms with Crippen molar-refractivity contribution in [2.75, 3.05) is 24.4 Å². The molecule has 7 rings (SSSR count). The topological polar surface area (TPSA) is 111 Å². The summed E-state index contributed by atoms with van der Waals surface area (Å²) < 4.78 is 16.3. The largest absolute Gasteiger partial charge is 0.497 e. The highest BCUT2D eigenvalue weighted by atomic mass is 16.5. The van der Waals surface area contributed by atoms with Crippen LogP contribution in [-0.4, -0.2) is 49.7 Å². The predicted molar refractivity (Wildman–Crippen MR) is 172 cm³/mol. The van der Waals surface area contributed by atoms with E-state index in [0.717, 1.165) is 11.3 Å². The minimum atomic E-state index is -1.48. The summed E-state index contributed by atoms with van der Waals surface area (Å²) >= 11 is 0. The van der Waals surface area contributed by atoms with Crippen LogP contribution in [0.15, 0.2) is 97.1 Å². The van der Waals surface area contributed by atoms with Crippen LogP contribution in [0.25, 0.3) is 6.08 Å². The van der Waals surface area contributed by atoms with Crippen LogP contribution in [0.4, 0.5) is 11.4 Å². The number of hydrogen-bond donors (Lipinski definition) is 1. The number of carbonyl (C=O) groups is 4. The lowest BCUT2D eigenvalue weighted by Crippen LogP contribution is -2.51. The molecule has 0 aromatic heterocycles. The Hall–Kier alpha value is -5.70. The Morgan fingerprint density at radius 1 is 0.826 bits per heavy atom. The molecule has 1 N–H and O–H groups in total. The van der Waals surface area contributed by atoms with E-state index in [2.05, 4.69) is 5.32 Å². The van der Waals surface area contributed by atoms with Gasteiger partial charge in [0.25, 0.3) is 0 Å². The molecule has 0 bridgehead atoms. The van der Waals surface area contributed by atoms with Gasteiger partial charge in [0.1, 0.15) is 28.7 Å². The van der Waals surface area contributed by atoms with Crippen LogP contribution in [0.5, 0.6) is 17.2 Å². The van der Waals surface area contributed by atoms with Crippen LogP contribution in [0.2, 0.25) is 0 Å². The van der Waals surface area contributed by atoms with Gasteiger partial charge in [0, 0.05) is 23.9 Å². The Balaban J connectivity index is 1.50. The minimum Gasteiger partial charge on any atom is -0.497 e. The molecule has 3 heterocycles. The van der Waals surface area contributed by atoms with E-state index in [0.29, 0.717) is 28.3 Å². The molecule has 4 aromatic rings. The van der Waals surface area contributed by atoms with Crippen LogP contribution < -0.4 is 24.4 Å². The van der Waals surface area contributed by atoms with Gasteiger partial charge in [-0.05, 0) is 65.7 Å². The van der Waals surface area contributed by atoms with Gasteiger partial charge >= 0.3 is 5.97 Å².